The van der Waals surface area contributed by atoms with Crippen LogP contribution < -0.4 is 10.6 Å². The third-order valence-electron chi connectivity index (χ3n) is 6.62. The average Bonchev–Trinajstić information content (AvgIpc) is 2.87. The summed E-state index contributed by atoms with van der Waals surface area (Å²) >= 11 is 0. The molecule has 0 unspecified atom stereocenters. The highest BCUT2D eigenvalue weighted by Gasteiger charge is 2.25. The average molecular weight is 445 g/mol. The fourth-order valence-corrected chi connectivity index (χ4v) is 4.71. The van der Waals surface area contributed by atoms with Gasteiger partial charge in [0.1, 0.15) is 0 Å². The minimum atomic E-state index is -0.0747. The SMILES string of the molecule is CNC(=O)c1cc(C2CCC(CNC(=O)CCCc3ccccn3)CC2)nc2ccccc12. The van der Waals surface area contributed by atoms with Crippen LogP contribution in [0.4, 0.5) is 0 Å². The monoisotopic (exact) mass is 444 g/mol. The number of amides is 2. The number of carbonyl (C=O) groups excluding carboxylic acids is 2. The van der Waals surface area contributed by atoms with E-state index in [1.165, 1.54) is 0 Å². The molecule has 1 aromatic carbocycles. The van der Waals surface area contributed by atoms with Crippen molar-refractivity contribution >= 4 is 22.7 Å². The van der Waals surface area contributed by atoms with Gasteiger partial charge >= 0.3 is 0 Å². The van der Waals surface area contributed by atoms with Crippen LogP contribution in [0.15, 0.2) is 54.7 Å². The van der Waals surface area contributed by atoms with Gasteiger partial charge in [-0.15, -0.1) is 0 Å². The topological polar surface area (TPSA) is 84.0 Å². The number of benzene rings is 1. The number of fused-ring (bicyclic) bond motifs is 1. The van der Waals surface area contributed by atoms with Crippen LogP contribution in [-0.2, 0) is 11.2 Å². The molecule has 2 aromatic heterocycles. The third-order valence-corrected chi connectivity index (χ3v) is 6.62. The molecule has 1 fully saturated rings. The van der Waals surface area contributed by atoms with Crippen LogP contribution in [0.2, 0.25) is 0 Å². The number of nitrogens with one attached hydrogen (secondary N) is 2. The molecule has 0 atom stereocenters. The molecule has 2 N–H and O–H groups in total. The number of hydrogen-bond acceptors (Lipinski definition) is 4. The minimum absolute atomic E-state index is 0.0747. The van der Waals surface area contributed by atoms with E-state index in [4.69, 9.17) is 4.98 Å². The van der Waals surface area contributed by atoms with Crippen LogP contribution in [0.5, 0.6) is 0 Å². The van der Waals surface area contributed by atoms with Crippen molar-refractivity contribution in [2.45, 2.75) is 50.9 Å². The molecule has 0 spiro atoms. The molecule has 4 rings (SSSR count). The molecule has 33 heavy (non-hydrogen) atoms. The van der Waals surface area contributed by atoms with E-state index >= 15 is 0 Å². The molecule has 6 nitrogen and oxygen atoms in total. The van der Waals surface area contributed by atoms with Crippen molar-refractivity contribution in [3.63, 3.8) is 0 Å². The minimum Gasteiger partial charge on any atom is -0.356 e. The zero-order valence-corrected chi connectivity index (χ0v) is 19.2. The quantitative estimate of drug-likeness (QED) is 0.539. The molecule has 6 heteroatoms. The van der Waals surface area contributed by atoms with E-state index in [2.05, 4.69) is 15.6 Å². The molecule has 0 aliphatic heterocycles. The molecule has 1 aliphatic carbocycles. The summed E-state index contributed by atoms with van der Waals surface area (Å²) in [6, 6.07) is 15.7. The fourth-order valence-electron chi connectivity index (χ4n) is 4.71. The molecule has 1 saturated carbocycles. The lowest BCUT2D eigenvalue weighted by Crippen LogP contribution is -2.31. The Morgan fingerprint density at radius 1 is 1.03 bits per heavy atom. The Bertz CT molecular complexity index is 1090. The van der Waals surface area contributed by atoms with E-state index in [0.29, 0.717) is 23.8 Å². The van der Waals surface area contributed by atoms with Gasteiger partial charge in [0, 0.05) is 48.9 Å². The van der Waals surface area contributed by atoms with Crippen LogP contribution in [0.1, 0.15) is 66.2 Å². The number of pyridine rings is 2. The normalized spacial score (nSPS) is 18.1. The first-order valence-corrected chi connectivity index (χ1v) is 11.9. The molecule has 0 bridgehead atoms. The summed E-state index contributed by atoms with van der Waals surface area (Å²) < 4.78 is 0. The molecule has 3 aromatic rings. The third kappa shape index (κ3) is 5.95. The van der Waals surface area contributed by atoms with Crippen molar-refractivity contribution in [3.05, 3.63) is 71.7 Å². The van der Waals surface area contributed by atoms with E-state index in [1.807, 2.05) is 48.5 Å². The lowest BCUT2D eigenvalue weighted by molar-refractivity contribution is -0.121. The Labute approximate surface area is 195 Å². The van der Waals surface area contributed by atoms with Gasteiger partial charge in [-0.25, -0.2) is 0 Å². The molecule has 0 radical (unpaired) electrons. The zero-order chi connectivity index (χ0) is 23.0. The summed E-state index contributed by atoms with van der Waals surface area (Å²) in [5.41, 5.74) is 3.60. The number of nitrogens with zero attached hydrogens (tertiary/aromatic N) is 2. The molecular formula is C27H32N4O2. The first-order valence-electron chi connectivity index (χ1n) is 11.9. The molecule has 172 valence electrons. The summed E-state index contributed by atoms with van der Waals surface area (Å²) in [6.45, 7) is 0.740. The Hall–Kier alpha value is -3.28. The summed E-state index contributed by atoms with van der Waals surface area (Å²) in [5, 5.41) is 6.76. The summed E-state index contributed by atoms with van der Waals surface area (Å²) in [4.78, 5) is 33.9. The first kappa shape index (κ1) is 22.9. The van der Waals surface area contributed by atoms with Gasteiger partial charge in [-0.3, -0.25) is 19.6 Å². The second kappa shape index (κ2) is 11.0. The lowest BCUT2D eigenvalue weighted by Gasteiger charge is -2.28. The number of aromatic nitrogens is 2. The summed E-state index contributed by atoms with van der Waals surface area (Å²) in [5.74, 6) is 0.900. The van der Waals surface area contributed by atoms with E-state index in [1.54, 1.807) is 13.2 Å². The molecular weight excluding hydrogens is 412 g/mol. The molecule has 1 aliphatic rings. The van der Waals surface area contributed by atoms with E-state index < -0.39 is 0 Å². The van der Waals surface area contributed by atoms with Gasteiger partial charge in [0.25, 0.3) is 5.91 Å². The van der Waals surface area contributed by atoms with Crippen molar-refractivity contribution < 1.29 is 9.59 Å². The first-order chi connectivity index (χ1) is 16.1. The molecule has 2 amide bonds. The number of carbonyl (C=O) groups is 2. The second-order valence-corrected chi connectivity index (χ2v) is 8.89. The fraction of sp³-hybridized carbons (Fsp3) is 0.407. The Morgan fingerprint density at radius 3 is 2.58 bits per heavy atom. The van der Waals surface area contributed by atoms with Gasteiger partial charge in [-0.05, 0) is 68.7 Å². The largest absolute Gasteiger partial charge is 0.356 e. The summed E-state index contributed by atoms with van der Waals surface area (Å²) in [7, 11) is 1.66. The van der Waals surface area contributed by atoms with Crippen molar-refractivity contribution in [3.8, 4) is 0 Å². The van der Waals surface area contributed by atoms with Crippen LogP contribution in [0, 0.1) is 5.92 Å². The van der Waals surface area contributed by atoms with Crippen molar-refractivity contribution in [2.24, 2.45) is 5.92 Å². The number of para-hydroxylation sites is 1. The highest BCUT2D eigenvalue weighted by molar-refractivity contribution is 6.06. The summed E-state index contributed by atoms with van der Waals surface area (Å²) in [6.07, 6.45) is 8.14. The highest BCUT2D eigenvalue weighted by Crippen LogP contribution is 2.36. The maximum absolute atomic E-state index is 12.4. The smallest absolute Gasteiger partial charge is 0.251 e. The number of hydrogen-bond donors (Lipinski definition) is 2. The Kier molecular flexibility index (Phi) is 7.66. The predicted molar refractivity (Wildman–Crippen MR) is 130 cm³/mol. The van der Waals surface area contributed by atoms with Gasteiger partial charge in [-0.2, -0.15) is 0 Å². The van der Waals surface area contributed by atoms with Gasteiger partial charge in [0.15, 0.2) is 0 Å². The van der Waals surface area contributed by atoms with Crippen LogP contribution in [0.3, 0.4) is 0 Å². The molecule has 0 saturated heterocycles. The Morgan fingerprint density at radius 2 is 1.82 bits per heavy atom. The van der Waals surface area contributed by atoms with Crippen molar-refractivity contribution in [2.75, 3.05) is 13.6 Å². The predicted octanol–water partition coefficient (Wildman–Crippen LogP) is 4.40. The maximum Gasteiger partial charge on any atom is 0.251 e. The highest BCUT2D eigenvalue weighted by atomic mass is 16.2. The van der Waals surface area contributed by atoms with E-state index in [-0.39, 0.29) is 11.8 Å². The van der Waals surface area contributed by atoms with Gasteiger partial charge in [0.2, 0.25) is 5.91 Å². The second-order valence-electron chi connectivity index (χ2n) is 8.89. The van der Waals surface area contributed by atoms with Crippen LogP contribution in [-0.4, -0.2) is 35.4 Å². The lowest BCUT2D eigenvalue weighted by atomic mass is 9.80. The zero-order valence-electron chi connectivity index (χ0n) is 19.2. The van der Waals surface area contributed by atoms with Gasteiger partial charge in [0.05, 0.1) is 11.1 Å². The standard InChI is InChI=1S/C27H32N4O2/c1-28-27(33)23-17-25(31-24-10-3-2-9-22(23)24)20-14-12-19(13-15-20)18-30-26(32)11-6-8-21-7-4-5-16-29-21/h2-5,7,9-10,16-17,19-20H,6,8,11-15,18H2,1H3,(H,28,33)(H,30,32). The van der Waals surface area contributed by atoms with Gasteiger partial charge < -0.3 is 10.6 Å². The molecule has 2 heterocycles. The van der Waals surface area contributed by atoms with Gasteiger partial charge in [-0.1, -0.05) is 24.3 Å². The number of aryl methyl sites for hydroxylation is 1. The van der Waals surface area contributed by atoms with E-state index in [0.717, 1.165) is 67.4 Å². The van der Waals surface area contributed by atoms with Crippen molar-refractivity contribution in [1.29, 1.82) is 0 Å². The maximum atomic E-state index is 12.4. The number of rotatable bonds is 8. The van der Waals surface area contributed by atoms with E-state index in [9.17, 15) is 9.59 Å². The Balaban J connectivity index is 1.27. The van der Waals surface area contributed by atoms with Crippen LogP contribution in [0.25, 0.3) is 10.9 Å². The van der Waals surface area contributed by atoms with Crippen LogP contribution >= 0.6 is 0 Å². The van der Waals surface area contributed by atoms with Crippen molar-refractivity contribution in [1.82, 2.24) is 20.6 Å².